The van der Waals surface area contributed by atoms with Crippen molar-refractivity contribution >= 4 is 17.3 Å². The number of halogens is 1. The minimum atomic E-state index is -0.486. The Morgan fingerprint density at radius 3 is 2.80 bits per heavy atom. The summed E-state index contributed by atoms with van der Waals surface area (Å²) in [6.45, 7) is 3.07. The van der Waals surface area contributed by atoms with Crippen LogP contribution in [-0.4, -0.2) is 18.1 Å². The van der Waals surface area contributed by atoms with Gasteiger partial charge in [0.05, 0.1) is 11.5 Å². The standard InChI is InChI=1S/C14H19ClN2O3/c1-9-5-13(17(18)19)12(15)6-14(9)20-8-11-4-2-3-10(11)7-16/h5-6,10-11H,2-4,7-8,16H2,1H3. The lowest BCUT2D eigenvalue weighted by Crippen LogP contribution is -2.23. The van der Waals surface area contributed by atoms with Crippen molar-refractivity contribution in [3.8, 4) is 5.75 Å². The van der Waals surface area contributed by atoms with E-state index in [0.29, 0.717) is 30.7 Å². The molecule has 0 bridgehead atoms. The van der Waals surface area contributed by atoms with Crippen molar-refractivity contribution in [3.63, 3.8) is 0 Å². The number of hydrogen-bond donors (Lipinski definition) is 1. The van der Waals surface area contributed by atoms with Gasteiger partial charge in [-0.2, -0.15) is 0 Å². The molecule has 2 rings (SSSR count). The van der Waals surface area contributed by atoms with Crippen molar-refractivity contribution in [1.29, 1.82) is 0 Å². The maximum Gasteiger partial charge on any atom is 0.288 e. The molecule has 0 amide bonds. The second-order valence-electron chi connectivity index (χ2n) is 5.32. The third kappa shape index (κ3) is 3.22. The van der Waals surface area contributed by atoms with Crippen LogP contribution in [0.3, 0.4) is 0 Å². The third-order valence-corrected chi connectivity index (χ3v) is 4.32. The van der Waals surface area contributed by atoms with E-state index in [1.54, 1.807) is 6.92 Å². The van der Waals surface area contributed by atoms with E-state index in [1.807, 2.05) is 0 Å². The molecular formula is C14H19ClN2O3. The maximum atomic E-state index is 10.8. The van der Waals surface area contributed by atoms with E-state index >= 15 is 0 Å². The number of nitro benzene ring substituents is 1. The highest BCUT2D eigenvalue weighted by Gasteiger charge is 2.27. The van der Waals surface area contributed by atoms with Crippen LogP contribution in [0.15, 0.2) is 12.1 Å². The Bertz CT molecular complexity index is 507. The molecule has 1 saturated carbocycles. The van der Waals surface area contributed by atoms with Crippen LogP contribution >= 0.6 is 11.6 Å². The number of rotatable bonds is 5. The lowest BCUT2D eigenvalue weighted by atomic mass is 9.97. The highest BCUT2D eigenvalue weighted by atomic mass is 35.5. The van der Waals surface area contributed by atoms with Gasteiger partial charge in [0, 0.05) is 12.1 Å². The van der Waals surface area contributed by atoms with Crippen molar-refractivity contribution in [2.75, 3.05) is 13.2 Å². The van der Waals surface area contributed by atoms with Crippen molar-refractivity contribution in [2.24, 2.45) is 17.6 Å². The quantitative estimate of drug-likeness (QED) is 0.668. The Morgan fingerprint density at radius 1 is 1.45 bits per heavy atom. The zero-order valence-corrected chi connectivity index (χ0v) is 12.2. The zero-order chi connectivity index (χ0) is 14.7. The Labute approximate surface area is 123 Å². The summed E-state index contributed by atoms with van der Waals surface area (Å²) >= 11 is 5.91. The molecule has 5 nitrogen and oxygen atoms in total. The van der Waals surface area contributed by atoms with Crippen LogP contribution in [0.4, 0.5) is 5.69 Å². The number of benzene rings is 1. The summed E-state index contributed by atoms with van der Waals surface area (Å²) < 4.78 is 5.81. The molecule has 0 spiro atoms. The fourth-order valence-corrected chi connectivity index (χ4v) is 3.01. The molecule has 2 N–H and O–H groups in total. The summed E-state index contributed by atoms with van der Waals surface area (Å²) in [6.07, 6.45) is 3.47. The van der Waals surface area contributed by atoms with Gasteiger partial charge in [0.25, 0.3) is 5.69 Å². The number of hydrogen-bond acceptors (Lipinski definition) is 4. The number of aryl methyl sites for hydroxylation is 1. The van der Waals surface area contributed by atoms with Crippen molar-refractivity contribution < 1.29 is 9.66 Å². The highest BCUT2D eigenvalue weighted by molar-refractivity contribution is 6.32. The molecule has 110 valence electrons. The molecule has 1 aliphatic rings. The Morgan fingerprint density at radius 2 is 2.15 bits per heavy atom. The first-order valence-corrected chi connectivity index (χ1v) is 7.18. The minimum Gasteiger partial charge on any atom is -0.493 e. The van der Waals surface area contributed by atoms with E-state index in [2.05, 4.69) is 0 Å². The molecule has 0 saturated heterocycles. The molecule has 2 atom stereocenters. The van der Waals surface area contributed by atoms with E-state index in [0.717, 1.165) is 18.4 Å². The largest absolute Gasteiger partial charge is 0.493 e. The molecule has 2 unspecified atom stereocenters. The van der Waals surface area contributed by atoms with Crippen LogP contribution in [0.1, 0.15) is 24.8 Å². The predicted octanol–water partition coefficient (Wildman–Crippen LogP) is 3.31. The molecule has 0 aliphatic heterocycles. The monoisotopic (exact) mass is 298 g/mol. The highest BCUT2D eigenvalue weighted by Crippen LogP contribution is 2.34. The SMILES string of the molecule is Cc1cc([N+](=O)[O-])c(Cl)cc1OCC1CCCC1CN. The van der Waals surface area contributed by atoms with Crippen LogP contribution in [0.5, 0.6) is 5.75 Å². The molecular weight excluding hydrogens is 280 g/mol. The van der Waals surface area contributed by atoms with Gasteiger partial charge in [0.15, 0.2) is 0 Å². The van der Waals surface area contributed by atoms with E-state index in [9.17, 15) is 10.1 Å². The maximum absolute atomic E-state index is 10.8. The van der Waals surface area contributed by atoms with Crippen molar-refractivity contribution in [2.45, 2.75) is 26.2 Å². The van der Waals surface area contributed by atoms with Gasteiger partial charge < -0.3 is 10.5 Å². The Kier molecular flexibility index (Phi) is 4.83. The zero-order valence-electron chi connectivity index (χ0n) is 11.5. The molecule has 1 aromatic carbocycles. The summed E-state index contributed by atoms with van der Waals surface area (Å²) in [4.78, 5) is 10.3. The molecule has 1 fully saturated rings. The second-order valence-corrected chi connectivity index (χ2v) is 5.73. The minimum absolute atomic E-state index is 0.0859. The molecule has 1 aromatic rings. The van der Waals surface area contributed by atoms with Crippen LogP contribution < -0.4 is 10.5 Å². The van der Waals surface area contributed by atoms with Crippen LogP contribution in [-0.2, 0) is 0 Å². The Hall–Kier alpha value is -1.33. The number of nitrogens with zero attached hydrogens (tertiary/aromatic N) is 1. The first-order chi connectivity index (χ1) is 9.52. The van der Waals surface area contributed by atoms with E-state index < -0.39 is 4.92 Å². The fourth-order valence-electron chi connectivity index (χ4n) is 2.78. The van der Waals surface area contributed by atoms with Crippen molar-refractivity contribution in [1.82, 2.24) is 0 Å². The molecule has 0 aromatic heterocycles. The van der Waals surface area contributed by atoms with Gasteiger partial charge in [0.2, 0.25) is 0 Å². The van der Waals surface area contributed by atoms with Gasteiger partial charge in [-0.1, -0.05) is 18.0 Å². The average molecular weight is 299 g/mol. The van der Waals surface area contributed by atoms with Gasteiger partial charge in [-0.15, -0.1) is 0 Å². The van der Waals surface area contributed by atoms with Gasteiger partial charge in [-0.3, -0.25) is 10.1 Å². The molecule has 6 heteroatoms. The first kappa shape index (κ1) is 15.1. The first-order valence-electron chi connectivity index (χ1n) is 6.80. The van der Waals surface area contributed by atoms with Crippen molar-refractivity contribution in [3.05, 3.63) is 32.8 Å². The summed E-state index contributed by atoms with van der Waals surface area (Å²) in [5.41, 5.74) is 6.39. The van der Waals surface area contributed by atoms with Gasteiger partial charge in [0.1, 0.15) is 10.8 Å². The van der Waals surface area contributed by atoms with Crippen LogP contribution in [0, 0.1) is 28.9 Å². The summed E-state index contributed by atoms with van der Waals surface area (Å²) in [5.74, 6) is 1.60. The fraction of sp³-hybridized carbons (Fsp3) is 0.571. The number of nitro groups is 1. The van der Waals surface area contributed by atoms with E-state index in [4.69, 9.17) is 22.1 Å². The van der Waals surface area contributed by atoms with Gasteiger partial charge >= 0.3 is 0 Å². The predicted molar refractivity (Wildman–Crippen MR) is 78.2 cm³/mol. The van der Waals surface area contributed by atoms with Gasteiger partial charge in [-0.05, 0) is 43.7 Å². The topological polar surface area (TPSA) is 78.4 Å². The van der Waals surface area contributed by atoms with E-state index in [-0.39, 0.29) is 10.7 Å². The third-order valence-electron chi connectivity index (χ3n) is 4.01. The number of nitrogens with two attached hydrogens (primary N) is 1. The Balaban J connectivity index is 2.06. The average Bonchev–Trinajstić information content (AvgIpc) is 2.86. The second kappa shape index (κ2) is 6.41. The van der Waals surface area contributed by atoms with E-state index in [1.165, 1.54) is 18.6 Å². The smallest absolute Gasteiger partial charge is 0.288 e. The summed E-state index contributed by atoms with van der Waals surface area (Å²) in [5, 5.41) is 10.9. The summed E-state index contributed by atoms with van der Waals surface area (Å²) in [7, 11) is 0. The van der Waals surface area contributed by atoms with Gasteiger partial charge in [-0.25, -0.2) is 0 Å². The normalized spacial score (nSPS) is 21.9. The van der Waals surface area contributed by atoms with Crippen LogP contribution in [0.25, 0.3) is 0 Å². The lowest BCUT2D eigenvalue weighted by molar-refractivity contribution is -0.384. The lowest BCUT2D eigenvalue weighted by Gasteiger charge is -2.19. The number of ether oxygens (including phenoxy) is 1. The molecule has 0 heterocycles. The summed E-state index contributed by atoms with van der Waals surface area (Å²) in [6, 6.07) is 2.98. The molecule has 20 heavy (non-hydrogen) atoms. The van der Waals surface area contributed by atoms with Crippen LogP contribution in [0.2, 0.25) is 5.02 Å². The molecule has 0 radical (unpaired) electrons. The molecule has 1 aliphatic carbocycles.